The average molecular weight is 241 g/mol. The number of aromatic nitrogens is 1. The Kier molecular flexibility index (Phi) is 4.10. The molecule has 1 heterocycles. The fourth-order valence-corrected chi connectivity index (χ4v) is 1.65. The fourth-order valence-electron chi connectivity index (χ4n) is 1.65. The highest BCUT2D eigenvalue weighted by Crippen LogP contribution is 2.35. The summed E-state index contributed by atoms with van der Waals surface area (Å²) in [4.78, 5) is 3.87. The number of halogens is 3. The number of hydrogen-bond acceptors (Lipinski definition) is 1. The summed E-state index contributed by atoms with van der Waals surface area (Å²) in [6, 6.07) is 4.12. The number of nitrogens with zero attached hydrogens (tertiary/aromatic N) is 1. The van der Waals surface area contributed by atoms with Crippen LogP contribution in [0.2, 0.25) is 0 Å². The Balaban J connectivity index is 0.000000686. The molecule has 0 bridgehead atoms. The molecule has 4 heteroatoms. The van der Waals surface area contributed by atoms with Gasteiger partial charge < -0.3 is 0 Å². The van der Waals surface area contributed by atoms with E-state index in [2.05, 4.69) is 4.98 Å². The minimum atomic E-state index is -4.31. The second-order valence-electron chi connectivity index (χ2n) is 3.36. The Morgan fingerprint density at radius 1 is 1.06 bits per heavy atom. The molecule has 1 nitrogen and oxygen atoms in total. The first-order valence-electron chi connectivity index (χ1n) is 5.40. The Labute approximate surface area is 98.3 Å². The first kappa shape index (κ1) is 13.5. The van der Waals surface area contributed by atoms with E-state index in [0.717, 1.165) is 6.07 Å². The second kappa shape index (κ2) is 5.17. The lowest BCUT2D eigenvalue weighted by molar-refractivity contribution is -0.136. The van der Waals surface area contributed by atoms with Crippen LogP contribution >= 0.6 is 0 Å². The van der Waals surface area contributed by atoms with Crippen LogP contribution in [0.25, 0.3) is 10.8 Å². The van der Waals surface area contributed by atoms with Crippen molar-refractivity contribution in [3.05, 3.63) is 41.7 Å². The van der Waals surface area contributed by atoms with Crippen molar-refractivity contribution in [3.8, 4) is 0 Å². The van der Waals surface area contributed by atoms with Gasteiger partial charge in [-0.25, -0.2) is 0 Å². The second-order valence-corrected chi connectivity index (χ2v) is 3.36. The van der Waals surface area contributed by atoms with Gasteiger partial charge in [-0.2, -0.15) is 13.2 Å². The molecule has 0 aliphatic heterocycles. The van der Waals surface area contributed by atoms with Crippen LogP contribution in [0.1, 0.15) is 25.0 Å². The fraction of sp³-hybridized carbons (Fsp3) is 0.308. The van der Waals surface area contributed by atoms with Crippen LogP contribution in [-0.4, -0.2) is 4.98 Å². The van der Waals surface area contributed by atoms with Crippen LogP contribution in [0.15, 0.2) is 30.6 Å². The van der Waals surface area contributed by atoms with E-state index in [0.29, 0.717) is 10.9 Å². The van der Waals surface area contributed by atoms with E-state index in [-0.39, 0.29) is 5.39 Å². The first-order valence-corrected chi connectivity index (χ1v) is 5.40. The van der Waals surface area contributed by atoms with Crippen molar-refractivity contribution >= 4 is 10.8 Å². The van der Waals surface area contributed by atoms with Crippen molar-refractivity contribution in [2.45, 2.75) is 26.9 Å². The molecular weight excluding hydrogens is 227 g/mol. The molecular formula is C13H14F3N. The highest BCUT2D eigenvalue weighted by molar-refractivity contribution is 5.88. The van der Waals surface area contributed by atoms with Crippen LogP contribution in [0.4, 0.5) is 13.2 Å². The van der Waals surface area contributed by atoms with Crippen molar-refractivity contribution in [1.82, 2.24) is 4.98 Å². The third-order valence-corrected chi connectivity index (χ3v) is 2.28. The first-order chi connectivity index (χ1) is 8.00. The lowest BCUT2D eigenvalue weighted by Crippen LogP contribution is -2.06. The van der Waals surface area contributed by atoms with E-state index >= 15 is 0 Å². The monoisotopic (exact) mass is 241 g/mol. The molecule has 0 saturated heterocycles. The van der Waals surface area contributed by atoms with Gasteiger partial charge in [-0.1, -0.05) is 26.0 Å². The van der Waals surface area contributed by atoms with E-state index in [4.69, 9.17) is 0 Å². The van der Waals surface area contributed by atoms with E-state index in [1.807, 2.05) is 13.8 Å². The van der Waals surface area contributed by atoms with Crippen LogP contribution in [0, 0.1) is 6.92 Å². The number of alkyl halides is 3. The van der Waals surface area contributed by atoms with Gasteiger partial charge in [0.15, 0.2) is 0 Å². The molecule has 0 atom stereocenters. The molecule has 17 heavy (non-hydrogen) atoms. The van der Waals surface area contributed by atoms with Gasteiger partial charge in [0.2, 0.25) is 0 Å². The average Bonchev–Trinajstić information content (AvgIpc) is 2.30. The molecule has 0 saturated carbocycles. The maximum Gasteiger partial charge on any atom is 0.417 e. The zero-order valence-electron chi connectivity index (χ0n) is 9.97. The van der Waals surface area contributed by atoms with Gasteiger partial charge in [0, 0.05) is 17.8 Å². The highest BCUT2D eigenvalue weighted by Gasteiger charge is 2.32. The highest BCUT2D eigenvalue weighted by atomic mass is 19.4. The molecule has 1 aromatic carbocycles. The summed E-state index contributed by atoms with van der Waals surface area (Å²) in [5.74, 6) is 0. The maximum absolute atomic E-state index is 12.7. The van der Waals surface area contributed by atoms with Crippen molar-refractivity contribution in [2.75, 3.05) is 0 Å². The summed E-state index contributed by atoms with van der Waals surface area (Å²) in [5.41, 5.74) is -0.0553. The third kappa shape index (κ3) is 2.75. The number of pyridine rings is 1. The molecule has 0 radical (unpaired) electrons. The van der Waals surface area contributed by atoms with Crippen molar-refractivity contribution in [3.63, 3.8) is 0 Å². The lowest BCUT2D eigenvalue weighted by atomic mass is 10.0. The van der Waals surface area contributed by atoms with Gasteiger partial charge in [0.25, 0.3) is 0 Å². The number of fused-ring (bicyclic) bond motifs is 1. The maximum atomic E-state index is 12.7. The lowest BCUT2D eigenvalue weighted by Gasteiger charge is -2.11. The summed E-state index contributed by atoms with van der Waals surface area (Å²) < 4.78 is 38.0. The van der Waals surface area contributed by atoms with Gasteiger partial charge in [-0.15, -0.1) is 0 Å². The summed E-state index contributed by atoms with van der Waals surface area (Å²) in [6.07, 6.45) is -1.43. The molecule has 0 fully saturated rings. The van der Waals surface area contributed by atoms with Crippen molar-refractivity contribution in [1.29, 1.82) is 0 Å². The molecule has 0 aliphatic carbocycles. The minimum Gasteiger partial charge on any atom is -0.264 e. The Morgan fingerprint density at radius 2 is 1.71 bits per heavy atom. The van der Waals surface area contributed by atoms with E-state index < -0.39 is 11.7 Å². The number of rotatable bonds is 0. The summed E-state index contributed by atoms with van der Waals surface area (Å²) in [5, 5.41) is 0.754. The Morgan fingerprint density at radius 3 is 2.29 bits per heavy atom. The molecule has 0 amide bonds. The molecule has 92 valence electrons. The van der Waals surface area contributed by atoms with E-state index in [9.17, 15) is 13.2 Å². The largest absolute Gasteiger partial charge is 0.417 e. The smallest absolute Gasteiger partial charge is 0.264 e. The number of hydrogen-bond donors (Lipinski definition) is 0. The van der Waals surface area contributed by atoms with Gasteiger partial charge in [0.1, 0.15) is 0 Å². The molecule has 1 aromatic heterocycles. The van der Waals surface area contributed by atoms with Gasteiger partial charge >= 0.3 is 6.18 Å². The number of benzene rings is 1. The van der Waals surface area contributed by atoms with Gasteiger partial charge in [-0.05, 0) is 23.9 Å². The van der Waals surface area contributed by atoms with Crippen LogP contribution in [0.5, 0.6) is 0 Å². The summed E-state index contributed by atoms with van der Waals surface area (Å²) >= 11 is 0. The third-order valence-electron chi connectivity index (χ3n) is 2.28. The molecule has 2 aromatic rings. The number of aryl methyl sites for hydroxylation is 1. The zero-order chi connectivity index (χ0) is 13.1. The van der Waals surface area contributed by atoms with Gasteiger partial charge in [0.05, 0.1) is 5.56 Å². The van der Waals surface area contributed by atoms with Crippen molar-refractivity contribution < 1.29 is 13.2 Å². The van der Waals surface area contributed by atoms with Crippen LogP contribution in [0.3, 0.4) is 0 Å². The van der Waals surface area contributed by atoms with Crippen LogP contribution < -0.4 is 0 Å². The quantitative estimate of drug-likeness (QED) is 0.657. The summed E-state index contributed by atoms with van der Waals surface area (Å²) in [7, 11) is 0. The Hall–Kier alpha value is -1.58. The normalized spacial score (nSPS) is 10.9. The molecule has 0 aliphatic rings. The zero-order valence-corrected chi connectivity index (χ0v) is 9.97. The summed E-state index contributed by atoms with van der Waals surface area (Å²) in [6.45, 7) is 5.63. The van der Waals surface area contributed by atoms with E-state index in [1.165, 1.54) is 18.5 Å². The van der Waals surface area contributed by atoms with E-state index in [1.54, 1.807) is 13.0 Å². The van der Waals surface area contributed by atoms with Crippen LogP contribution in [-0.2, 0) is 6.18 Å². The topological polar surface area (TPSA) is 12.9 Å². The van der Waals surface area contributed by atoms with Crippen molar-refractivity contribution in [2.24, 2.45) is 0 Å². The minimum absolute atomic E-state index is 0.236. The predicted molar refractivity (Wildman–Crippen MR) is 62.8 cm³/mol. The predicted octanol–water partition coefficient (Wildman–Crippen LogP) is 4.59. The molecule has 0 spiro atoms. The van der Waals surface area contributed by atoms with Gasteiger partial charge in [-0.3, -0.25) is 4.98 Å². The molecule has 0 N–H and O–H groups in total. The Bertz CT molecular complexity index is 498. The molecule has 2 rings (SSSR count). The SMILES string of the molecule is CC.Cc1cncc2cccc(C(F)(F)F)c12. The standard InChI is InChI=1S/C11H8F3N.C2H6/c1-7-5-15-6-8-3-2-4-9(10(7)8)11(12,13)14;1-2/h2-6H,1H3;1-2H3. The molecule has 0 unspecified atom stereocenters.